The highest BCUT2D eigenvalue weighted by Crippen LogP contribution is 2.33. The molecule has 0 saturated heterocycles. The van der Waals surface area contributed by atoms with Gasteiger partial charge in [0.25, 0.3) is 0 Å². The van der Waals surface area contributed by atoms with E-state index in [9.17, 15) is 0 Å². The molecule has 0 radical (unpaired) electrons. The zero-order chi connectivity index (χ0) is 10.8. The summed E-state index contributed by atoms with van der Waals surface area (Å²) in [5.74, 6) is 0.954. The summed E-state index contributed by atoms with van der Waals surface area (Å²) >= 11 is 0. The summed E-state index contributed by atoms with van der Waals surface area (Å²) in [4.78, 5) is 0. The van der Waals surface area contributed by atoms with Gasteiger partial charge in [0, 0.05) is 6.61 Å². The molecule has 82 valence electrons. The van der Waals surface area contributed by atoms with E-state index in [-0.39, 0.29) is 12.6 Å². The van der Waals surface area contributed by atoms with Crippen LogP contribution in [0.4, 0.5) is 5.69 Å². The van der Waals surface area contributed by atoms with Crippen LogP contribution < -0.4 is 10.1 Å². The van der Waals surface area contributed by atoms with E-state index in [2.05, 4.69) is 31.3 Å². The van der Waals surface area contributed by atoms with Gasteiger partial charge in [0.1, 0.15) is 12.4 Å². The van der Waals surface area contributed by atoms with Gasteiger partial charge < -0.3 is 15.2 Å². The van der Waals surface area contributed by atoms with Gasteiger partial charge in [-0.3, -0.25) is 0 Å². The van der Waals surface area contributed by atoms with Crippen molar-refractivity contribution in [3.05, 3.63) is 23.3 Å². The van der Waals surface area contributed by atoms with Crippen LogP contribution in [0.25, 0.3) is 0 Å². The lowest BCUT2D eigenvalue weighted by Gasteiger charge is -2.28. The number of ether oxygens (including phenoxy) is 1. The summed E-state index contributed by atoms with van der Waals surface area (Å²) in [6.07, 6.45) is 0.729. The van der Waals surface area contributed by atoms with Crippen LogP contribution in [0.1, 0.15) is 17.5 Å². The van der Waals surface area contributed by atoms with Crippen LogP contribution in [-0.4, -0.2) is 24.4 Å². The fraction of sp³-hybridized carbons (Fsp3) is 0.500. The third-order valence-corrected chi connectivity index (χ3v) is 2.69. The molecule has 1 aromatic carbocycles. The zero-order valence-corrected chi connectivity index (χ0v) is 9.21. The van der Waals surface area contributed by atoms with Crippen molar-refractivity contribution in [3.63, 3.8) is 0 Å². The molecule has 2 rings (SSSR count). The van der Waals surface area contributed by atoms with Crippen LogP contribution in [0.3, 0.4) is 0 Å². The first-order valence-corrected chi connectivity index (χ1v) is 5.32. The smallest absolute Gasteiger partial charge is 0.145 e. The lowest BCUT2D eigenvalue weighted by molar-refractivity contribution is 0.232. The van der Waals surface area contributed by atoms with E-state index in [0.29, 0.717) is 6.61 Å². The van der Waals surface area contributed by atoms with Crippen molar-refractivity contribution in [1.82, 2.24) is 0 Å². The second-order valence-corrected chi connectivity index (χ2v) is 4.12. The molecular weight excluding hydrogens is 190 g/mol. The monoisotopic (exact) mass is 207 g/mol. The Bertz CT molecular complexity index is 363. The van der Waals surface area contributed by atoms with Crippen molar-refractivity contribution in [2.24, 2.45) is 0 Å². The minimum Gasteiger partial charge on any atom is -0.489 e. The molecule has 3 heteroatoms. The second kappa shape index (κ2) is 4.11. The maximum atomic E-state index is 8.88. The molecule has 0 amide bonds. The third-order valence-electron chi connectivity index (χ3n) is 2.69. The Balaban J connectivity index is 2.25. The lowest BCUT2D eigenvalue weighted by Crippen LogP contribution is -2.32. The standard InChI is InChI=1S/C12H17NO2/c1-8-5-9(2)12-11(6-8)13-10(3-4-14)7-15-12/h5-6,10,13-14H,3-4,7H2,1-2H3. The molecule has 1 heterocycles. The summed E-state index contributed by atoms with van der Waals surface area (Å²) in [6, 6.07) is 4.43. The number of aliphatic hydroxyl groups excluding tert-OH is 1. The Morgan fingerprint density at radius 3 is 3.00 bits per heavy atom. The molecule has 1 aromatic rings. The molecule has 0 saturated carbocycles. The van der Waals surface area contributed by atoms with Crippen LogP contribution in [0, 0.1) is 13.8 Å². The molecule has 0 fully saturated rings. The largest absolute Gasteiger partial charge is 0.489 e. The Kier molecular flexibility index (Phi) is 2.82. The van der Waals surface area contributed by atoms with Crippen LogP contribution in [-0.2, 0) is 0 Å². The van der Waals surface area contributed by atoms with E-state index in [1.54, 1.807) is 0 Å². The molecular formula is C12H17NO2. The summed E-state index contributed by atoms with van der Waals surface area (Å²) in [5, 5.41) is 12.3. The van der Waals surface area contributed by atoms with Crippen molar-refractivity contribution in [1.29, 1.82) is 0 Å². The highest BCUT2D eigenvalue weighted by Gasteiger charge is 2.19. The normalized spacial score (nSPS) is 19.0. The van der Waals surface area contributed by atoms with Crippen molar-refractivity contribution >= 4 is 5.69 Å². The van der Waals surface area contributed by atoms with E-state index in [4.69, 9.17) is 9.84 Å². The van der Waals surface area contributed by atoms with Crippen molar-refractivity contribution in [2.45, 2.75) is 26.3 Å². The quantitative estimate of drug-likeness (QED) is 0.777. The van der Waals surface area contributed by atoms with E-state index in [1.165, 1.54) is 11.1 Å². The van der Waals surface area contributed by atoms with Crippen molar-refractivity contribution in [2.75, 3.05) is 18.5 Å². The zero-order valence-electron chi connectivity index (χ0n) is 9.21. The molecule has 0 aliphatic carbocycles. The summed E-state index contributed by atoms with van der Waals surface area (Å²) < 4.78 is 5.70. The number of benzene rings is 1. The number of nitrogens with one attached hydrogen (secondary N) is 1. The number of rotatable bonds is 2. The first-order valence-electron chi connectivity index (χ1n) is 5.32. The van der Waals surface area contributed by atoms with E-state index in [1.807, 2.05) is 0 Å². The number of hydrogen-bond donors (Lipinski definition) is 2. The Labute approximate surface area is 90.1 Å². The second-order valence-electron chi connectivity index (χ2n) is 4.12. The van der Waals surface area contributed by atoms with Gasteiger partial charge in [-0.1, -0.05) is 6.07 Å². The van der Waals surface area contributed by atoms with E-state index < -0.39 is 0 Å². The lowest BCUT2D eigenvalue weighted by atomic mass is 10.1. The fourth-order valence-corrected chi connectivity index (χ4v) is 2.01. The average Bonchev–Trinajstić information content (AvgIpc) is 2.17. The molecule has 1 atom stereocenters. The average molecular weight is 207 g/mol. The molecule has 3 nitrogen and oxygen atoms in total. The minimum absolute atomic E-state index is 0.196. The molecule has 0 bridgehead atoms. The van der Waals surface area contributed by atoms with Gasteiger partial charge in [0.15, 0.2) is 0 Å². The number of anilines is 1. The Hall–Kier alpha value is -1.22. The molecule has 1 aliphatic rings. The SMILES string of the molecule is Cc1cc(C)c2c(c1)NC(CCO)CO2. The maximum Gasteiger partial charge on any atom is 0.145 e. The predicted octanol–water partition coefficient (Wildman–Crippen LogP) is 1.86. The molecule has 15 heavy (non-hydrogen) atoms. The topological polar surface area (TPSA) is 41.5 Å². The summed E-state index contributed by atoms with van der Waals surface area (Å²) in [7, 11) is 0. The number of aryl methyl sites for hydroxylation is 2. The Morgan fingerprint density at radius 1 is 1.47 bits per heavy atom. The van der Waals surface area contributed by atoms with E-state index in [0.717, 1.165) is 17.9 Å². The van der Waals surface area contributed by atoms with Gasteiger partial charge in [-0.05, 0) is 37.5 Å². The van der Waals surface area contributed by atoms with Gasteiger partial charge in [0.05, 0.1) is 11.7 Å². The molecule has 0 spiro atoms. The number of fused-ring (bicyclic) bond motifs is 1. The highest BCUT2D eigenvalue weighted by molar-refractivity contribution is 5.63. The Morgan fingerprint density at radius 2 is 2.27 bits per heavy atom. The minimum atomic E-state index is 0.196. The van der Waals surface area contributed by atoms with Gasteiger partial charge in [0.2, 0.25) is 0 Å². The molecule has 1 unspecified atom stereocenters. The fourth-order valence-electron chi connectivity index (χ4n) is 2.01. The molecule has 0 aromatic heterocycles. The first-order chi connectivity index (χ1) is 7.20. The van der Waals surface area contributed by atoms with Crippen molar-refractivity contribution < 1.29 is 9.84 Å². The van der Waals surface area contributed by atoms with Crippen LogP contribution in [0.2, 0.25) is 0 Å². The molecule has 2 N–H and O–H groups in total. The summed E-state index contributed by atoms with van der Waals surface area (Å²) in [5.41, 5.74) is 3.45. The predicted molar refractivity (Wildman–Crippen MR) is 60.5 cm³/mol. The summed E-state index contributed by atoms with van der Waals surface area (Å²) in [6.45, 7) is 4.96. The van der Waals surface area contributed by atoms with Crippen LogP contribution in [0.15, 0.2) is 12.1 Å². The highest BCUT2D eigenvalue weighted by atomic mass is 16.5. The maximum absolute atomic E-state index is 8.88. The number of aliphatic hydroxyl groups is 1. The van der Waals surface area contributed by atoms with E-state index >= 15 is 0 Å². The van der Waals surface area contributed by atoms with Crippen LogP contribution in [0.5, 0.6) is 5.75 Å². The van der Waals surface area contributed by atoms with Gasteiger partial charge in [-0.25, -0.2) is 0 Å². The van der Waals surface area contributed by atoms with Gasteiger partial charge >= 0.3 is 0 Å². The van der Waals surface area contributed by atoms with Crippen molar-refractivity contribution in [3.8, 4) is 5.75 Å². The van der Waals surface area contributed by atoms with Gasteiger partial charge in [-0.15, -0.1) is 0 Å². The van der Waals surface area contributed by atoms with Gasteiger partial charge in [-0.2, -0.15) is 0 Å². The molecule has 1 aliphatic heterocycles. The first kappa shape index (κ1) is 10.3. The third kappa shape index (κ3) is 2.07. The van der Waals surface area contributed by atoms with Crippen LogP contribution >= 0.6 is 0 Å². The number of hydrogen-bond acceptors (Lipinski definition) is 3.